The number of carbonyl (C=O) groups is 1. The number of rotatable bonds is 5. The third-order valence-electron chi connectivity index (χ3n) is 2.65. The highest BCUT2D eigenvalue weighted by Gasteiger charge is 2.21. The summed E-state index contributed by atoms with van der Waals surface area (Å²) in [6, 6.07) is 7.64. The second-order valence-corrected chi connectivity index (χ2v) is 6.29. The van der Waals surface area contributed by atoms with Crippen LogP contribution in [0.25, 0.3) is 0 Å². The summed E-state index contributed by atoms with van der Waals surface area (Å²) in [7, 11) is 0. The Labute approximate surface area is 132 Å². The first kappa shape index (κ1) is 17.8. The highest BCUT2D eigenvalue weighted by molar-refractivity contribution is 5.69. The van der Waals surface area contributed by atoms with Gasteiger partial charge in [-0.1, -0.05) is 12.1 Å². The summed E-state index contributed by atoms with van der Waals surface area (Å²) in [6.45, 7) is 9.55. The first-order chi connectivity index (χ1) is 10.2. The van der Waals surface area contributed by atoms with E-state index in [1.165, 1.54) is 0 Å². The molecule has 0 aromatic heterocycles. The largest absolute Gasteiger partial charge is 0.491 e. The number of ether oxygens (including phenoxy) is 2. The molecule has 5 heteroatoms. The van der Waals surface area contributed by atoms with Gasteiger partial charge in [-0.2, -0.15) is 5.26 Å². The minimum Gasteiger partial charge on any atom is -0.491 e. The number of carbonyl (C=O) groups excluding carboxylic acids is 1. The average Bonchev–Trinajstić information content (AvgIpc) is 2.38. The van der Waals surface area contributed by atoms with Crippen LogP contribution in [0.2, 0.25) is 0 Å². The van der Waals surface area contributed by atoms with Crippen LogP contribution in [0.4, 0.5) is 4.79 Å². The van der Waals surface area contributed by atoms with Gasteiger partial charge in [0, 0.05) is 6.54 Å². The molecule has 1 aromatic carbocycles. The van der Waals surface area contributed by atoms with Crippen molar-refractivity contribution in [3.8, 4) is 11.9 Å². The Morgan fingerprint density at radius 2 is 1.86 bits per heavy atom. The molecule has 0 atom stereocenters. The van der Waals surface area contributed by atoms with E-state index in [1.807, 2.05) is 44.3 Å². The van der Waals surface area contributed by atoms with Crippen molar-refractivity contribution in [2.24, 2.45) is 0 Å². The van der Waals surface area contributed by atoms with E-state index in [0.29, 0.717) is 6.42 Å². The zero-order chi connectivity index (χ0) is 16.8. The summed E-state index contributed by atoms with van der Waals surface area (Å²) in [5, 5.41) is 9.07. The fourth-order valence-corrected chi connectivity index (χ4v) is 1.75. The summed E-state index contributed by atoms with van der Waals surface area (Å²) < 4.78 is 10.8. The molecule has 0 aliphatic heterocycles. The summed E-state index contributed by atoms with van der Waals surface area (Å²) in [4.78, 5) is 12.9. The fourth-order valence-electron chi connectivity index (χ4n) is 1.75. The van der Waals surface area contributed by atoms with Crippen molar-refractivity contribution in [1.29, 1.82) is 5.26 Å². The van der Waals surface area contributed by atoms with E-state index in [1.54, 1.807) is 20.8 Å². The number of hydrogen-bond acceptors (Lipinski definition) is 4. The molecular weight excluding hydrogens is 280 g/mol. The maximum Gasteiger partial charge on any atom is 0.423 e. The second-order valence-electron chi connectivity index (χ2n) is 6.29. The van der Waals surface area contributed by atoms with Crippen LogP contribution < -0.4 is 4.74 Å². The number of nitriles is 1. The zero-order valence-corrected chi connectivity index (χ0v) is 13.9. The van der Waals surface area contributed by atoms with Crippen molar-refractivity contribution >= 4 is 6.09 Å². The van der Waals surface area contributed by atoms with Gasteiger partial charge in [0.25, 0.3) is 0 Å². The molecule has 0 N–H and O–H groups in total. The van der Waals surface area contributed by atoms with Gasteiger partial charge in [-0.3, -0.25) is 0 Å². The normalized spacial score (nSPS) is 11.0. The van der Waals surface area contributed by atoms with Gasteiger partial charge in [0.15, 0.2) is 6.19 Å². The Hall–Kier alpha value is -2.22. The smallest absolute Gasteiger partial charge is 0.423 e. The molecule has 0 heterocycles. The van der Waals surface area contributed by atoms with E-state index in [4.69, 9.17) is 14.7 Å². The van der Waals surface area contributed by atoms with Crippen LogP contribution >= 0.6 is 0 Å². The van der Waals surface area contributed by atoms with E-state index in [-0.39, 0.29) is 12.6 Å². The highest BCUT2D eigenvalue weighted by Crippen LogP contribution is 2.15. The molecule has 0 saturated heterocycles. The molecule has 0 saturated carbocycles. The van der Waals surface area contributed by atoms with Crippen LogP contribution in [0.15, 0.2) is 24.3 Å². The lowest BCUT2D eigenvalue weighted by Crippen LogP contribution is -2.35. The topological polar surface area (TPSA) is 62.6 Å². The summed E-state index contributed by atoms with van der Waals surface area (Å²) in [5.74, 6) is 0.808. The Morgan fingerprint density at radius 3 is 2.32 bits per heavy atom. The number of amides is 1. The predicted octanol–water partition coefficient (Wildman–Crippen LogP) is 3.73. The second kappa shape index (κ2) is 7.69. The third kappa shape index (κ3) is 6.49. The molecule has 0 aliphatic carbocycles. The van der Waals surface area contributed by atoms with Crippen molar-refractivity contribution in [3.63, 3.8) is 0 Å². The molecule has 1 amide bonds. The molecular formula is C17H24N2O3. The molecule has 1 rings (SSSR count). The van der Waals surface area contributed by atoms with E-state index < -0.39 is 11.7 Å². The summed E-state index contributed by atoms with van der Waals surface area (Å²) in [5.41, 5.74) is 0.419. The lowest BCUT2D eigenvalue weighted by Gasteiger charge is -2.22. The average molecular weight is 304 g/mol. The SMILES string of the molecule is CC(C)Oc1ccc(CCN(C#N)C(=O)OC(C)(C)C)cc1. The van der Waals surface area contributed by atoms with E-state index in [0.717, 1.165) is 16.2 Å². The molecule has 1 aromatic rings. The van der Waals surface area contributed by atoms with Gasteiger partial charge in [-0.25, -0.2) is 9.69 Å². The molecule has 120 valence electrons. The van der Waals surface area contributed by atoms with E-state index >= 15 is 0 Å². The van der Waals surface area contributed by atoms with Crippen LogP contribution in [0.5, 0.6) is 5.75 Å². The Bertz CT molecular complexity index is 524. The molecule has 22 heavy (non-hydrogen) atoms. The molecule has 0 spiro atoms. The maximum atomic E-state index is 11.8. The van der Waals surface area contributed by atoms with Crippen molar-refractivity contribution in [2.75, 3.05) is 6.54 Å². The number of hydrogen-bond donors (Lipinski definition) is 0. The van der Waals surface area contributed by atoms with Crippen LogP contribution in [0, 0.1) is 11.5 Å². The lowest BCUT2D eigenvalue weighted by molar-refractivity contribution is 0.0350. The van der Waals surface area contributed by atoms with Gasteiger partial charge in [-0.05, 0) is 58.7 Å². The maximum absolute atomic E-state index is 11.8. The Morgan fingerprint density at radius 1 is 1.27 bits per heavy atom. The first-order valence-corrected chi connectivity index (χ1v) is 7.37. The lowest BCUT2D eigenvalue weighted by atomic mass is 10.1. The van der Waals surface area contributed by atoms with Crippen LogP contribution in [-0.2, 0) is 11.2 Å². The summed E-state index contributed by atoms with van der Waals surface area (Å²) in [6.07, 6.45) is 1.96. The minimum absolute atomic E-state index is 0.132. The van der Waals surface area contributed by atoms with Crippen LogP contribution in [-0.4, -0.2) is 29.2 Å². The Kier molecular flexibility index (Phi) is 6.24. The molecule has 0 fully saturated rings. The van der Waals surface area contributed by atoms with E-state index in [9.17, 15) is 4.79 Å². The Balaban J connectivity index is 2.56. The highest BCUT2D eigenvalue weighted by atomic mass is 16.6. The standard InChI is InChI=1S/C17H24N2O3/c1-13(2)21-15-8-6-14(7-9-15)10-11-19(12-18)16(20)22-17(3,4)5/h6-9,13H,10-11H2,1-5H3. The molecule has 0 unspecified atom stereocenters. The van der Waals surface area contributed by atoms with Gasteiger partial charge in [0.2, 0.25) is 0 Å². The van der Waals surface area contributed by atoms with Crippen molar-refractivity contribution in [2.45, 2.75) is 52.7 Å². The van der Waals surface area contributed by atoms with Gasteiger partial charge in [-0.15, -0.1) is 0 Å². The van der Waals surface area contributed by atoms with E-state index in [2.05, 4.69) is 0 Å². The third-order valence-corrected chi connectivity index (χ3v) is 2.65. The molecule has 0 bridgehead atoms. The van der Waals surface area contributed by atoms with Crippen molar-refractivity contribution in [3.05, 3.63) is 29.8 Å². The molecule has 5 nitrogen and oxygen atoms in total. The molecule has 0 aliphatic rings. The predicted molar refractivity (Wildman–Crippen MR) is 84.5 cm³/mol. The van der Waals surface area contributed by atoms with Gasteiger partial charge in [0.05, 0.1) is 6.10 Å². The van der Waals surface area contributed by atoms with Gasteiger partial charge in [0.1, 0.15) is 11.4 Å². The van der Waals surface area contributed by atoms with Crippen LogP contribution in [0.1, 0.15) is 40.2 Å². The molecule has 0 radical (unpaired) electrons. The first-order valence-electron chi connectivity index (χ1n) is 7.37. The number of benzene rings is 1. The van der Waals surface area contributed by atoms with Crippen LogP contribution in [0.3, 0.4) is 0 Å². The number of nitrogens with zero attached hydrogens (tertiary/aromatic N) is 2. The van der Waals surface area contributed by atoms with Crippen molar-refractivity contribution < 1.29 is 14.3 Å². The fraction of sp³-hybridized carbons (Fsp3) is 0.529. The quantitative estimate of drug-likeness (QED) is 0.614. The minimum atomic E-state index is -0.616. The van der Waals surface area contributed by atoms with Gasteiger partial charge >= 0.3 is 6.09 Å². The van der Waals surface area contributed by atoms with Gasteiger partial charge < -0.3 is 9.47 Å². The zero-order valence-electron chi connectivity index (χ0n) is 13.9. The van der Waals surface area contributed by atoms with Crippen molar-refractivity contribution in [1.82, 2.24) is 4.90 Å². The summed E-state index contributed by atoms with van der Waals surface area (Å²) >= 11 is 0. The monoisotopic (exact) mass is 304 g/mol.